The zero-order chi connectivity index (χ0) is 9.97. The molecule has 0 unspecified atom stereocenters. The van der Waals surface area contributed by atoms with Crippen LogP contribution in [0.3, 0.4) is 0 Å². The van der Waals surface area contributed by atoms with Crippen molar-refractivity contribution in [1.82, 2.24) is 24.7 Å². The Morgan fingerprint density at radius 2 is 2.21 bits per heavy atom. The Balaban J connectivity index is 2.18. The molecule has 0 amide bonds. The highest BCUT2D eigenvalue weighted by Crippen LogP contribution is 2.11. The minimum atomic E-state index is 0.135. The zero-order valence-corrected chi connectivity index (χ0v) is 7.45. The highest BCUT2D eigenvalue weighted by atomic mass is 16.5. The molecule has 0 spiro atoms. The van der Waals surface area contributed by atoms with Crippen molar-refractivity contribution in [2.24, 2.45) is 7.05 Å². The smallest absolute Gasteiger partial charge is 0.343 e. The Hall–Kier alpha value is -2.18. The fourth-order valence-electron chi connectivity index (χ4n) is 0.851. The SMILES string of the molecule is Cn1cnc(Oc2nccc(N)n2)n1. The third-order valence-electron chi connectivity index (χ3n) is 1.42. The second-order valence-corrected chi connectivity index (χ2v) is 2.57. The lowest BCUT2D eigenvalue weighted by Crippen LogP contribution is -1.97. The maximum Gasteiger partial charge on any atom is 0.343 e. The summed E-state index contributed by atoms with van der Waals surface area (Å²) in [7, 11) is 1.74. The summed E-state index contributed by atoms with van der Waals surface area (Å²) in [5, 5.41) is 3.90. The molecule has 2 aromatic heterocycles. The van der Waals surface area contributed by atoms with E-state index in [-0.39, 0.29) is 12.0 Å². The van der Waals surface area contributed by atoms with Crippen molar-refractivity contribution in [1.29, 1.82) is 0 Å². The minimum Gasteiger partial charge on any atom is -0.387 e. The summed E-state index contributed by atoms with van der Waals surface area (Å²) in [6, 6.07) is 1.90. The number of anilines is 1. The van der Waals surface area contributed by atoms with Crippen LogP contribution in [0.2, 0.25) is 0 Å². The average Bonchev–Trinajstić information content (AvgIpc) is 2.51. The largest absolute Gasteiger partial charge is 0.387 e. The third-order valence-corrected chi connectivity index (χ3v) is 1.42. The monoisotopic (exact) mass is 192 g/mol. The second kappa shape index (κ2) is 3.29. The van der Waals surface area contributed by atoms with Gasteiger partial charge in [0.25, 0.3) is 0 Å². The van der Waals surface area contributed by atoms with Gasteiger partial charge in [-0.3, -0.25) is 4.68 Å². The molecule has 2 rings (SSSR count). The van der Waals surface area contributed by atoms with Crippen molar-refractivity contribution in [2.75, 3.05) is 5.73 Å². The molecular formula is C7H8N6O. The predicted molar refractivity (Wildman–Crippen MR) is 47.5 cm³/mol. The van der Waals surface area contributed by atoms with E-state index >= 15 is 0 Å². The van der Waals surface area contributed by atoms with Crippen molar-refractivity contribution in [3.8, 4) is 12.0 Å². The Bertz CT molecular complexity index is 439. The molecule has 0 aliphatic heterocycles. The number of hydrogen-bond donors (Lipinski definition) is 1. The van der Waals surface area contributed by atoms with Gasteiger partial charge in [-0.25, -0.2) is 4.98 Å². The van der Waals surface area contributed by atoms with Crippen LogP contribution in [0.4, 0.5) is 5.82 Å². The van der Waals surface area contributed by atoms with Gasteiger partial charge in [0, 0.05) is 13.2 Å². The number of hydrogen-bond acceptors (Lipinski definition) is 6. The Morgan fingerprint density at radius 3 is 2.86 bits per heavy atom. The quantitative estimate of drug-likeness (QED) is 0.718. The first-order valence-electron chi connectivity index (χ1n) is 3.86. The number of nitrogens with zero attached hydrogens (tertiary/aromatic N) is 5. The van der Waals surface area contributed by atoms with Gasteiger partial charge >= 0.3 is 12.0 Å². The number of aromatic nitrogens is 5. The molecular weight excluding hydrogens is 184 g/mol. The van der Waals surface area contributed by atoms with E-state index in [1.165, 1.54) is 17.2 Å². The molecule has 0 bridgehead atoms. The molecule has 2 N–H and O–H groups in total. The molecule has 2 aromatic rings. The van der Waals surface area contributed by atoms with E-state index in [4.69, 9.17) is 10.5 Å². The number of ether oxygens (including phenoxy) is 1. The molecule has 7 heteroatoms. The first-order valence-corrected chi connectivity index (χ1v) is 3.86. The van der Waals surface area contributed by atoms with Crippen molar-refractivity contribution in [3.63, 3.8) is 0 Å². The summed E-state index contributed by atoms with van der Waals surface area (Å²) in [5.74, 6) is 0.339. The van der Waals surface area contributed by atoms with Crippen molar-refractivity contribution >= 4 is 5.82 Å². The summed E-state index contributed by atoms with van der Waals surface area (Å²) in [6.45, 7) is 0. The van der Waals surface area contributed by atoms with Gasteiger partial charge in [0.15, 0.2) is 0 Å². The predicted octanol–water partition coefficient (Wildman–Crippen LogP) is -0.0204. The zero-order valence-electron chi connectivity index (χ0n) is 7.45. The molecule has 0 saturated carbocycles. The Kier molecular flexibility index (Phi) is 1.98. The van der Waals surface area contributed by atoms with Crippen molar-refractivity contribution < 1.29 is 4.74 Å². The van der Waals surface area contributed by atoms with Gasteiger partial charge in [-0.2, -0.15) is 9.97 Å². The van der Waals surface area contributed by atoms with E-state index < -0.39 is 0 Å². The van der Waals surface area contributed by atoms with Gasteiger partial charge in [0.2, 0.25) is 0 Å². The van der Waals surface area contributed by atoms with Gasteiger partial charge in [-0.05, 0) is 6.07 Å². The summed E-state index contributed by atoms with van der Waals surface area (Å²) in [4.78, 5) is 11.5. The highest BCUT2D eigenvalue weighted by molar-refractivity contribution is 5.27. The number of aryl methyl sites for hydroxylation is 1. The number of nitrogens with two attached hydrogens (primary N) is 1. The average molecular weight is 192 g/mol. The molecule has 0 aliphatic rings. The molecule has 0 saturated heterocycles. The summed E-state index contributed by atoms with van der Waals surface area (Å²) < 4.78 is 6.65. The van der Waals surface area contributed by atoms with Gasteiger partial charge in [-0.1, -0.05) is 0 Å². The van der Waals surface area contributed by atoms with Crippen LogP contribution in [0, 0.1) is 0 Å². The lowest BCUT2D eigenvalue weighted by atomic mass is 10.6. The van der Waals surface area contributed by atoms with Crippen LogP contribution >= 0.6 is 0 Å². The summed E-state index contributed by atoms with van der Waals surface area (Å²) >= 11 is 0. The first-order chi connectivity index (χ1) is 6.74. The summed E-state index contributed by atoms with van der Waals surface area (Å²) in [5.41, 5.74) is 5.44. The van der Waals surface area contributed by atoms with Gasteiger partial charge in [-0.15, -0.1) is 5.10 Å². The lowest BCUT2D eigenvalue weighted by molar-refractivity contribution is 0.405. The number of rotatable bonds is 2. The van der Waals surface area contributed by atoms with Crippen LogP contribution in [0.5, 0.6) is 12.0 Å². The molecule has 2 heterocycles. The van der Waals surface area contributed by atoms with Crippen LogP contribution in [0.25, 0.3) is 0 Å². The fourth-order valence-corrected chi connectivity index (χ4v) is 0.851. The third kappa shape index (κ3) is 1.76. The standard InChI is InChI=1S/C7H8N6O/c1-13-4-10-7(12-13)14-6-9-3-2-5(8)11-6/h2-4H,1H3,(H2,8,9,11). The highest BCUT2D eigenvalue weighted by Gasteiger charge is 2.03. The van der Waals surface area contributed by atoms with Crippen molar-refractivity contribution in [2.45, 2.75) is 0 Å². The van der Waals surface area contributed by atoms with Gasteiger partial charge < -0.3 is 10.5 Å². The van der Waals surface area contributed by atoms with Crippen LogP contribution in [0.1, 0.15) is 0 Å². The van der Waals surface area contributed by atoms with Crippen LogP contribution < -0.4 is 10.5 Å². The van der Waals surface area contributed by atoms with Gasteiger partial charge in [0.1, 0.15) is 12.1 Å². The molecule has 0 fully saturated rings. The van der Waals surface area contributed by atoms with E-state index in [1.54, 1.807) is 13.1 Å². The fraction of sp³-hybridized carbons (Fsp3) is 0.143. The molecule has 14 heavy (non-hydrogen) atoms. The van der Waals surface area contributed by atoms with E-state index in [9.17, 15) is 0 Å². The maximum absolute atomic E-state index is 5.44. The topological polar surface area (TPSA) is 91.7 Å². The molecule has 0 aliphatic carbocycles. The lowest BCUT2D eigenvalue weighted by Gasteiger charge is -1.97. The molecule has 0 atom stereocenters. The minimum absolute atomic E-state index is 0.135. The van der Waals surface area contributed by atoms with Gasteiger partial charge in [0.05, 0.1) is 0 Å². The molecule has 72 valence electrons. The van der Waals surface area contributed by atoms with E-state index in [0.29, 0.717) is 5.82 Å². The van der Waals surface area contributed by atoms with Crippen LogP contribution in [-0.4, -0.2) is 24.7 Å². The molecule has 0 aromatic carbocycles. The molecule has 0 radical (unpaired) electrons. The summed E-state index contributed by atoms with van der Waals surface area (Å²) in [6.07, 6.45) is 3.02. The Labute approximate surface area is 79.6 Å². The van der Waals surface area contributed by atoms with Crippen LogP contribution in [0.15, 0.2) is 18.6 Å². The first kappa shape index (κ1) is 8.42. The van der Waals surface area contributed by atoms with Crippen molar-refractivity contribution in [3.05, 3.63) is 18.6 Å². The maximum atomic E-state index is 5.44. The van der Waals surface area contributed by atoms with Crippen LogP contribution in [-0.2, 0) is 7.05 Å². The number of nitrogen functional groups attached to an aromatic ring is 1. The van der Waals surface area contributed by atoms with E-state index in [2.05, 4.69) is 20.1 Å². The Morgan fingerprint density at radius 1 is 1.36 bits per heavy atom. The van der Waals surface area contributed by atoms with E-state index in [0.717, 1.165) is 0 Å². The molecule has 7 nitrogen and oxygen atoms in total. The normalized spacial score (nSPS) is 10.1. The second-order valence-electron chi connectivity index (χ2n) is 2.57. The van der Waals surface area contributed by atoms with E-state index in [1.807, 2.05) is 0 Å².